The molecule has 0 spiro atoms. The Balaban J connectivity index is 2.39. The van der Waals surface area contributed by atoms with E-state index in [-0.39, 0.29) is 18.4 Å². The Morgan fingerprint density at radius 1 is 1.12 bits per heavy atom. The van der Waals surface area contributed by atoms with Gasteiger partial charge in [0.15, 0.2) is 0 Å². The highest BCUT2D eigenvalue weighted by Gasteiger charge is 2.35. The van der Waals surface area contributed by atoms with Gasteiger partial charge in [0.05, 0.1) is 11.8 Å². The summed E-state index contributed by atoms with van der Waals surface area (Å²) in [6, 6.07) is 0. The minimum absolute atomic E-state index is 0.122. The fraction of sp³-hybridized carbons (Fsp3) is 0.833. The fourth-order valence-corrected chi connectivity index (χ4v) is 2.32. The molecular formula is C12H21NO4. The number of carbonyl (C=O) groups excluding carboxylic acids is 1. The number of aliphatic hydroxyl groups is 1. The summed E-state index contributed by atoms with van der Waals surface area (Å²) in [6.07, 6.45) is 4.48. The number of unbranched alkanes of at least 4 members (excludes halogenated alkanes) is 1. The Labute approximate surface area is 101 Å². The molecule has 3 N–H and O–H groups in total. The molecule has 0 heterocycles. The molecule has 0 aromatic carbocycles. The Bertz CT molecular complexity index is 267. The van der Waals surface area contributed by atoms with Gasteiger partial charge in [-0.15, -0.1) is 0 Å². The first-order chi connectivity index (χ1) is 8.16. The molecule has 1 amide bonds. The van der Waals surface area contributed by atoms with Crippen LogP contribution < -0.4 is 5.32 Å². The monoisotopic (exact) mass is 243 g/mol. The van der Waals surface area contributed by atoms with Gasteiger partial charge in [-0.25, -0.2) is 0 Å². The number of carboxylic acids is 1. The third-order valence-corrected chi connectivity index (χ3v) is 3.30. The second-order valence-electron chi connectivity index (χ2n) is 4.56. The Morgan fingerprint density at radius 3 is 2.35 bits per heavy atom. The Morgan fingerprint density at radius 2 is 1.76 bits per heavy atom. The zero-order chi connectivity index (χ0) is 12.7. The highest BCUT2D eigenvalue weighted by Crippen LogP contribution is 2.30. The van der Waals surface area contributed by atoms with E-state index in [1.54, 1.807) is 0 Å². The number of amides is 1. The van der Waals surface area contributed by atoms with Crippen molar-refractivity contribution in [2.24, 2.45) is 11.8 Å². The highest BCUT2D eigenvalue weighted by atomic mass is 16.4. The maximum Gasteiger partial charge on any atom is 0.307 e. The summed E-state index contributed by atoms with van der Waals surface area (Å²) in [5.74, 6) is -1.91. The van der Waals surface area contributed by atoms with Gasteiger partial charge in [0, 0.05) is 13.2 Å². The first-order valence-electron chi connectivity index (χ1n) is 6.28. The summed E-state index contributed by atoms with van der Waals surface area (Å²) >= 11 is 0. The zero-order valence-electron chi connectivity index (χ0n) is 10.0. The topological polar surface area (TPSA) is 86.6 Å². The van der Waals surface area contributed by atoms with E-state index in [4.69, 9.17) is 10.2 Å². The van der Waals surface area contributed by atoms with E-state index in [1.165, 1.54) is 0 Å². The summed E-state index contributed by atoms with van der Waals surface area (Å²) < 4.78 is 0. The third kappa shape index (κ3) is 4.34. The maximum atomic E-state index is 11.8. The summed E-state index contributed by atoms with van der Waals surface area (Å²) in [5, 5.41) is 20.4. The fourth-order valence-electron chi connectivity index (χ4n) is 2.32. The van der Waals surface area contributed by atoms with Gasteiger partial charge >= 0.3 is 5.97 Å². The van der Waals surface area contributed by atoms with Crippen LogP contribution in [-0.4, -0.2) is 35.2 Å². The molecule has 0 radical (unpaired) electrons. The number of aliphatic hydroxyl groups excluding tert-OH is 1. The van der Waals surface area contributed by atoms with Gasteiger partial charge in [0.1, 0.15) is 0 Å². The molecule has 1 rings (SSSR count). The van der Waals surface area contributed by atoms with Gasteiger partial charge < -0.3 is 15.5 Å². The van der Waals surface area contributed by atoms with Crippen molar-refractivity contribution in [3.63, 3.8) is 0 Å². The van der Waals surface area contributed by atoms with E-state index in [1.807, 2.05) is 0 Å². The van der Waals surface area contributed by atoms with Crippen LogP contribution in [0.1, 0.15) is 38.5 Å². The van der Waals surface area contributed by atoms with Crippen LogP contribution in [0.15, 0.2) is 0 Å². The molecule has 0 aromatic heterocycles. The molecule has 0 bridgehead atoms. The van der Waals surface area contributed by atoms with Crippen LogP contribution in [0.3, 0.4) is 0 Å². The predicted molar refractivity (Wildman–Crippen MR) is 62.4 cm³/mol. The predicted octanol–water partition coefficient (Wildman–Crippen LogP) is 0.766. The van der Waals surface area contributed by atoms with Gasteiger partial charge in [-0.3, -0.25) is 9.59 Å². The second kappa shape index (κ2) is 7.27. The summed E-state index contributed by atoms with van der Waals surface area (Å²) in [4.78, 5) is 22.9. The van der Waals surface area contributed by atoms with Crippen LogP contribution in [0.5, 0.6) is 0 Å². The molecule has 5 heteroatoms. The second-order valence-corrected chi connectivity index (χ2v) is 4.56. The molecule has 1 aliphatic carbocycles. The molecule has 98 valence electrons. The van der Waals surface area contributed by atoms with E-state index >= 15 is 0 Å². The van der Waals surface area contributed by atoms with Crippen molar-refractivity contribution in [3.05, 3.63) is 0 Å². The molecule has 0 saturated heterocycles. The first kappa shape index (κ1) is 14.0. The van der Waals surface area contributed by atoms with E-state index < -0.39 is 11.9 Å². The highest BCUT2D eigenvalue weighted by molar-refractivity contribution is 5.84. The average Bonchev–Trinajstić information content (AvgIpc) is 2.34. The smallest absolute Gasteiger partial charge is 0.307 e. The molecule has 1 fully saturated rings. The largest absolute Gasteiger partial charge is 0.481 e. The summed E-state index contributed by atoms with van der Waals surface area (Å²) in [7, 11) is 0. The van der Waals surface area contributed by atoms with Crippen molar-refractivity contribution in [2.75, 3.05) is 13.2 Å². The molecule has 2 atom stereocenters. The lowest BCUT2D eigenvalue weighted by Gasteiger charge is -2.27. The molecule has 0 unspecified atom stereocenters. The molecule has 0 aliphatic heterocycles. The molecule has 1 saturated carbocycles. The number of hydrogen-bond acceptors (Lipinski definition) is 3. The average molecular weight is 243 g/mol. The number of carbonyl (C=O) groups is 2. The molecule has 5 nitrogen and oxygen atoms in total. The maximum absolute atomic E-state index is 11.8. The number of carboxylic acid groups (broad SMARTS) is 1. The van der Waals surface area contributed by atoms with E-state index in [0.717, 1.165) is 19.3 Å². The van der Waals surface area contributed by atoms with Crippen LogP contribution >= 0.6 is 0 Å². The number of rotatable bonds is 6. The number of hydrogen-bond donors (Lipinski definition) is 3. The standard InChI is InChI=1S/C12H21NO4/c14-8-4-3-7-13-11(15)9-5-1-2-6-10(9)12(16)17/h9-10,14H,1-8H2,(H,13,15)(H,16,17)/t9-,10+/m1/s1. The number of nitrogens with one attached hydrogen (secondary N) is 1. The van der Waals surface area contributed by atoms with Gasteiger partial charge in [-0.05, 0) is 25.7 Å². The lowest BCUT2D eigenvalue weighted by molar-refractivity contribution is -0.148. The van der Waals surface area contributed by atoms with Gasteiger partial charge in [-0.1, -0.05) is 12.8 Å². The van der Waals surface area contributed by atoms with Crippen molar-refractivity contribution in [1.82, 2.24) is 5.32 Å². The Kier molecular flexibility index (Phi) is 5.97. The van der Waals surface area contributed by atoms with Crippen molar-refractivity contribution in [1.29, 1.82) is 0 Å². The van der Waals surface area contributed by atoms with Gasteiger partial charge in [-0.2, -0.15) is 0 Å². The molecule has 0 aromatic rings. The summed E-state index contributed by atoms with van der Waals surface area (Å²) in [6.45, 7) is 0.638. The van der Waals surface area contributed by atoms with Gasteiger partial charge in [0.25, 0.3) is 0 Å². The summed E-state index contributed by atoms with van der Waals surface area (Å²) in [5.41, 5.74) is 0. The van der Waals surface area contributed by atoms with Crippen LogP contribution in [0.25, 0.3) is 0 Å². The van der Waals surface area contributed by atoms with Crippen LogP contribution in [-0.2, 0) is 9.59 Å². The minimum atomic E-state index is -0.861. The molecule has 17 heavy (non-hydrogen) atoms. The van der Waals surface area contributed by atoms with Gasteiger partial charge in [0.2, 0.25) is 5.91 Å². The molecular weight excluding hydrogens is 222 g/mol. The van der Waals surface area contributed by atoms with Crippen LogP contribution in [0.2, 0.25) is 0 Å². The normalized spacial score (nSPS) is 24.3. The van der Waals surface area contributed by atoms with Crippen molar-refractivity contribution in [2.45, 2.75) is 38.5 Å². The number of aliphatic carboxylic acids is 1. The van der Waals surface area contributed by atoms with Crippen molar-refractivity contribution < 1.29 is 19.8 Å². The van der Waals surface area contributed by atoms with E-state index in [2.05, 4.69) is 5.32 Å². The van der Waals surface area contributed by atoms with Crippen LogP contribution in [0, 0.1) is 11.8 Å². The lowest BCUT2D eigenvalue weighted by atomic mass is 9.78. The zero-order valence-corrected chi connectivity index (χ0v) is 10.0. The SMILES string of the molecule is O=C(O)[C@H]1CCCC[C@H]1C(=O)NCCCCO. The lowest BCUT2D eigenvalue weighted by Crippen LogP contribution is -2.40. The Hall–Kier alpha value is -1.10. The van der Waals surface area contributed by atoms with Crippen molar-refractivity contribution >= 4 is 11.9 Å². The van der Waals surface area contributed by atoms with E-state index in [0.29, 0.717) is 25.8 Å². The minimum Gasteiger partial charge on any atom is -0.481 e. The van der Waals surface area contributed by atoms with E-state index in [9.17, 15) is 9.59 Å². The molecule has 1 aliphatic rings. The van der Waals surface area contributed by atoms with Crippen LogP contribution in [0.4, 0.5) is 0 Å². The third-order valence-electron chi connectivity index (χ3n) is 3.30. The van der Waals surface area contributed by atoms with Crippen molar-refractivity contribution in [3.8, 4) is 0 Å². The first-order valence-corrected chi connectivity index (χ1v) is 6.28. The quantitative estimate of drug-likeness (QED) is 0.601.